The predicted octanol–water partition coefficient (Wildman–Crippen LogP) is 2.86. The molecule has 0 radical (unpaired) electrons. The van der Waals surface area contributed by atoms with E-state index in [0.29, 0.717) is 6.04 Å². The zero-order chi connectivity index (χ0) is 12.7. The molecule has 1 atom stereocenters. The third-order valence-electron chi connectivity index (χ3n) is 3.02. The molecule has 0 amide bonds. The van der Waals surface area contributed by atoms with E-state index in [1.807, 2.05) is 11.3 Å². The van der Waals surface area contributed by atoms with Gasteiger partial charge in [-0.25, -0.2) is 0 Å². The van der Waals surface area contributed by atoms with Gasteiger partial charge in [0.2, 0.25) is 0 Å². The van der Waals surface area contributed by atoms with Crippen LogP contribution >= 0.6 is 11.3 Å². The predicted molar refractivity (Wildman–Crippen MR) is 77.8 cm³/mol. The maximum Gasteiger partial charge on any atom is 0.0113 e. The maximum atomic E-state index is 3.49. The van der Waals surface area contributed by atoms with Crippen molar-refractivity contribution >= 4 is 11.3 Å². The number of hydrogen-bond donors (Lipinski definition) is 1. The van der Waals surface area contributed by atoms with Crippen molar-refractivity contribution in [2.45, 2.75) is 33.2 Å². The van der Waals surface area contributed by atoms with E-state index in [4.69, 9.17) is 0 Å². The molecule has 0 fully saturated rings. The molecule has 1 unspecified atom stereocenters. The normalized spacial score (nSPS) is 13.5. The second kappa shape index (κ2) is 7.85. The Kier molecular flexibility index (Phi) is 6.78. The summed E-state index contributed by atoms with van der Waals surface area (Å²) in [7, 11) is 2.22. The van der Waals surface area contributed by atoms with Crippen LogP contribution in [0, 0.1) is 5.92 Å². The fraction of sp³-hybridized carbons (Fsp3) is 0.714. The van der Waals surface area contributed by atoms with Crippen LogP contribution in [0.25, 0.3) is 0 Å². The third-order valence-corrected chi connectivity index (χ3v) is 3.92. The summed E-state index contributed by atoms with van der Waals surface area (Å²) in [5, 5.41) is 5.65. The summed E-state index contributed by atoms with van der Waals surface area (Å²) in [6.45, 7) is 10.1. The summed E-state index contributed by atoms with van der Waals surface area (Å²) >= 11 is 1.86. The van der Waals surface area contributed by atoms with Crippen molar-refractivity contribution < 1.29 is 0 Å². The van der Waals surface area contributed by atoms with Gasteiger partial charge in [-0.2, -0.15) is 0 Å². The average molecular weight is 254 g/mol. The van der Waals surface area contributed by atoms with Gasteiger partial charge >= 0.3 is 0 Å². The second-order valence-electron chi connectivity index (χ2n) is 5.21. The summed E-state index contributed by atoms with van der Waals surface area (Å²) in [6, 6.07) is 4.98. The van der Waals surface area contributed by atoms with Crippen molar-refractivity contribution in [2.24, 2.45) is 5.92 Å². The molecule has 0 bridgehead atoms. The molecule has 1 aromatic heterocycles. The highest BCUT2D eigenvalue weighted by Crippen LogP contribution is 2.13. The summed E-state index contributed by atoms with van der Waals surface area (Å²) < 4.78 is 0. The molecule has 0 saturated heterocycles. The fourth-order valence-corrected chi connectivity index (χ4v) is 2.57. The Balaban J connectivity index is 2.16. The molecule has 0 aliphatic heterocycles. The number of thiophene rings is 1. The first kappa shape index (κ1) is 14.7. The van der Waals surface area contributed by atoms with Gasteiger partial charge in [-0.05, 0) is 44.3 Å². The molecule has 0 aliphatic carbocycles. The Bertz CT molecular complexity index is 282. The molecule has 0 aliphatic rings. The molecule has 0 saturated carbocycles. The zero-order valence-electron chi connectivity index (χ0n) is 11.6. The molecule has 1 heterocycles. The fourth-order valence-electron chi connectivity index (χ4n) is 1.74. The lowest BCUT2D eigenvalue weighted by Gasteiger charge is -2.24. The van der Waals surface area contributed by atoms with Crippen LogP contribution in [0.15, 0.2) is 17.5 Å². The van der Waals surface area contributed by atoms with Crippen molar-refractivity contribution in [2.75, 3.05) is 26.7 Å². The van der Waals surface area contributed by atoms with E-state index in [-0.39, 0.29) is 0 Å². The van der Waals surface area contributed by atoms with E-state index in [1.165, 1.54) is 11.3 Å². The smallest absolute Gasteiger partial charge is 0.0113 e. The first-order valence-electron chi connectivity index (χ1n) is 6.53. The van der Waals surface area contributed by atoms with E-state index in [1.54, 1.807) is 0 Å². The van der Waals surface area contributed by atoms with Gasteiger partial charge < -0.3 is 10.2 Å². The molecule has 17 heavy (non-hydrogen) atoms. The quantitative estimate of drug-likeness (QED) is 0.718. The van der Waals surface area contributed by atoms with Gasteiger partial charge in [-0.15, -0.1) is 11.3 Å². The lowest BCUT2D eigenvalue weighted by molar-refractivity contribution is 0.256. The topological polar surface area (TPSA) is 15.3 Å². The maximum absolute atomic E-state index is 3.49. The zero-order valence-corrected chi connectivity index (χ0v) is 12.4. The Morgan fingerprint density at radius 3 is 2.71 bits per heavy atom. The van der Waals surface area contributed by atoms with Gasteiger partial charge in [-0.3, -0.25) is 0 Å². The molecule has 1 N–H and O–H groups in total. The van der Waals surface area contributed by atoms with E-state index in [9.17, 15) is 0 Å². The molecular weight excluding hydrogens is 228 g/mol. The van der Waals surface area contributed by atoms with Gasteiger partial charge in [0.25, 0.3) is 0 Å². The summed E-state index contributed by atoms with van der Waals surface area (Å²) in [5.74, 6) is 0.740. The van der Waals surface area contributed by atoms with Crippen LogP contribution < -0.4 is 5.32 Å². The van der Waals surface area contributed by atoms with Crippen molar-refractivity contribution in [3.8, 4) is 0 Å². The largest absolute Gasteiger partial charge is 0.315 e. The minimum atomic E-state index is 0.620. The van der Waals surface area contributed by atoms with Crippen molar-refractivity contribution in [1.29, 1.82) is 0 Å². The summed E-state index contributed by atoms with van der Waals surface area (Å²) in [5.41, 5.74) is 0. The molecule has 1 aromatic rings. The highest BCUT2D eigenvalue weighted by atomic mass is 32.1. The summed E-state index contributed by atoms with van der Waals surface area (Å²) in [6.07, 6.45) is 1.17. The standard InChI is InChI=1S/C14H26N2S/c1-12(2)11-15-7-8-16(4)13(3)10-14-6-5-9-17-14/h5-6,9,12-13,15H,7-8,10-11H2,1-4H3. The molecule has 3 heteroatoms. The Morgan fingerprint density at radius 2 is 2.12 bits per heavy atom. The number of likely N-dealkylation sites (N-methyl/N-ethyl adjacent to an activating group) is 1. The highest BCUT2D eigenvalue weighted by Gasteiger charge is 2.09. The minimum absolute atomic E-state index is 0.620. The number of rotatable bonds is 8. The van der Waals surface area contributed by atoms with E-state index >= 15 is 0 Å². The molecule has 0 spiro atoms. The molecular formula is C14H26N2S. The molecule has 2 nitrogen and oxygen atoms in total. The average Bonchev–Trinajstić information content (AvgIpc) is 2.76. The number of nitrogens with one attached hydrogen (secondary N) is 1. The Labute approximate surface area is 110 Å². The van der Waals surface area contributed by atoms with Gasteiger partial charge in [-0.1, -0.05) is 19.9 Å². The SMILES string of the molecule is CC(C)CNCCN(C)C(C)Cc1cccs1. The van der Waals surface area contributed by atoms with Crippen LogP contribution in [-0.4, -0.2) is 37.6 Å². The molecule has 0 aromatic carbocycles. The Morgan fingerprint density at radius 1 is 1.35 bits per heavy atom. The minimum Gasteiger partial charge on any atom is -0.315 e. The van der Waals surface area contributed by atoms with Gasteiger partial charge in [0, 0.05) is 24.0 Å². The monoisotopic (exact) mass is 254 g/mol. The van der Waals surface area contributed by atoms with Gasteiger partial charge in [0.1, 0.15) is 0 Å². The molecule has 98 valence electrons. The molecule has 1 rings (SSSR count). The van der Waals surface area contributed by atoms with Crippen molar-refractivity contribution in [1.82, 2.24) is 10.2 Å². The third kappa shape index (κ3) is 6.20. The van der Waals surface area contributed by atoms with Crippen LogP contribution in [0.1, 0.15) is 25.6 Å². The first-order valence-corrected chi connectivity index (χ1v) is 7.41. The van der Waals surface area contributed by atoms with E-state index in [0.717, 1.165) is 25.6 Å². The lowest BCUT2D eigenvalue weighted by Crippen LogP contribution is -2.37. The highest BCUT2D eigenvalue weighted by molar-refractivity contribution is 7.09. The van der Waals surface area contributed by atoms with Gasteiger partial charge in [0.15, 0.2) is 0 Å². The van der Waals surface area contributed by atoms with E-state index < -0.39 is 0 Å². The first-order chi connectivity index (χ1) is 8.09. The van der Waals surface area contributed by atoms with Crippen LogP contribution in [0.5, 0.6) is 0 Å². The number of nitrogens with zero attached hydrogens (tertiary/aromatic N) is 1. The lowest BCUT2D eigenvalue weighted by atomic mass is 10.2. The van der Waals surface area contributed by atoms with Crippen LogP contribution in [0.4, 0.5) is 0 Å². The van der Waals surface area contributed by atoms with E-state index in [2.05, 4.69) is 55.5 Å². The van der Waals surface area contributed by atoms with Crippen LogP contribution in [-0.2, 0) is 6.42 Å². The van der Waals surface area contributed by atoms with Gasteiger partial charge in [0.05, 0.1) is 0 Å². The Hall–Kier alpha value is -0.380. The van der Waals surface area contributed by atoms with Crippen LogP contribution in [0.3, 0.4) is 0 Å². The van der Waals surface area contributed by atoms with Crippen molar-refractivity contribution in [3.05, 3.63) is 22.4 Å². The van der Waals surface area contributed by atoms with Crippen LogP contribution in [0.2, 0.25) is 0 Å². The van der Waals surface area contributed by atoms with Crippen molar-refractivity contribution in [3.63, 3.8) is 0 Å². The second-order valence-corrected chi connectivity index (χ2v) is 6.24. The number of hydrogen-bond acceptors (Lipinski definition) is 3. The summed E-state index contributed by atoms with van der Waals surface area (Å²) in [4.78, 5) is 3.92.